The maximum absolute atomic E-state index is 15.0. The third kappa shape index (κ3) is 9.48. The number of allylic oxidation sites excluding steroid dienone is 1. The molecule has 0 radical (unpaired) electrons. The first-order chi connectivity index (χ1) is 28.7. The molecule has 3 heterocycles. The van der Waals surface area contributed by atoms with Gasteiger partial charge in [0, 0.05) is 23.3 Å². The van der Waals surface area contributed by atoms with Gasteiger partial charge in [0.15, 0.2) is 0 Å². The molecule has 4 aliphatic rings. The van der Waals surface area contributed by atoms with Crippen molar-refractivity contribution in [2.45, 2.75) is 121 Å². The van der Waals surface area contributed by atoms with Crippen LogP contribution in [0.3, 0.4) is 0 Å². The summed E-state index contributed by atoms with van der Waals surface area (Å²) in [5.41, 5.74) is -1.32. The van der Waals surface area contributed by atoms with Gasteiger partial charge in [-0.25, -0.2) is 22.6 Å². The number of rotatable bonds is 8. The van der Waals surface area contributed by atoms with Gasteiger partial charge in [-0.15, -0.1) is 0 Å². The Bertz CT molecular complexity index is 2350. The predicted molar refractivity (Wildman–Crippen MR) is 226 cm³/mol. The molecule has 0 bridgehead atoms. The van der Waals surface area contributed by atoms with Crippen molar-refractivity contribution in [1.82, 2.24) is 25.2 Å². The lowest BCUT2D eigenvalue weighted by Crippen LogP contribution is -2.59. The lowest BCUT2D eigenvalue weighted by atomic mass is 9.88. The fourth-order valence-corrected chi connectivity index (χ4v) is 9.69. The van der Waals surface area contributed by atoms with Gasteiger partial charge >= 0.3 is 6.09 Å². The summed E-state index contributed by atoms with van der Waals surface area (Å²) in [6.45, 7) is 10.6. The summed E-state index contributed by atoms with van der Waals surface area (Å²) in [5.74, 6) is -2.42. The van der Waals surface area contributed by atoms with Crippen LogP contribution < -0.4 is 24.8 Å². The van der Waals surface area contributed by atoms with Crippen molar-refractivity contribution in [3.63, 3.8) is 0 Å². The highest BCUT2D eigenvalue weighted by Crippen LogP contribution is 2.48. The highest BCUT2D eigenvalue weighted by Gasteiger charge is 2.63. The molecule has 7 unspecified atom stereocenters. The average molecular weight is 862 g/mol. The van der Waals surface area contributed by atoms with Crippen LogP contribution in [-0.2, 0) is 29.1 Å². The molecule has 61 heavy (non-hydrogen) atoms. The fourth-order valence-electron chi connectivity index (χ4n) is 8.38. The van der Waals surface area contributed by atoms with Crippen LogP contribution in [0.2, 0.25) is 0 Å². The van der Waals surface area contributed by atoms with E-state index in [1.165, 1.54) is 17.0 Å². The number of hydrogen-bond donors (Lipinski definition) is 3. The second-order valence-corrected chi connectivity index (χ2v) is 20.7. The Labute approximate surface area is 356 Å². The van der Waals surface area contributed by atoms with Crippen molar-refractivity contribution in [3.8, 4) is 22.9 Å². The smallest absolute Gasteiger partial charge is 0.408 e. The summed E-state index contributed by atoms with van der Waals surface area (Å²) < 4.78 is 59.4. The summed E-state index contributed by atoms with van der Waals surface area (Å²) in [5, 5.41) is 7.05. The van der Waals surface area contributed by atoms with Crippen molar-refractivity contribution in [2.75, 3.05) is 13.7 Å². The zero-order chi connectivity index (χ0) is 44.1. The first-order valence-electron chi connectivity index (χ1n) is 21.0. The van der Waals surface area contributed by atoms with E-state index < -0.39 is 79.6 Å². The summed E-state index contributed by atoms with van der Waals surface area (Å²) in [6, 6.07) is 10.8. The van der Waals surface area contributed by atoms with Crippen LogP contribution in [0, 0.1) is 23.6 Å². The number of amides is 4. The molecule has 2 saturated carbocycles. The van der Waals surface area contributed by atoms with E-state index in [2.05, 4.69) is 22.3 Å². The van der Waals surface area contributed by atoms with Gasteiger partial charge in [0.1, 0.15) is 40.9 Å². The second kappa shape index (κ2) is 16.6. The van der Waals surface area contributed by atoms with Gasteiger partial charge in [-0.2, -0.15) is 0 Å². The molecule has 1 aromatic heterocycles. The molecule has 14 nitrogen and oxygen atoms in total. The van der Waals surface area contributed by atoms with Crippen LogP contribution >= 0.6 is 0 Å². The largest absolute Gasteiger partial charge is 0.497 e. The van der Waals surface area contributed by atoms with Crippen molar-refractivity contribution < 1.29 is 46.2 Å². The topological polar surface area (TPSA) is 182 Å². The van der Waals surface area contributed by atoms with E-state index in [1.807, 2.05) is 31.2 Å². The van der Waals surface area contributed by atoms with Gasteiger partial charge in [-0.05, 0) is 132 Å². The minimum atomic E-state index is -4.04. The second-order valence-electron chi connectivity index (χ2n) is 18.5. The minimum Gasteiger partial charge on any atom is -0.497 e. The summed E-state index contributed by atoms with van der Waals surface area (Å²) in [4.78, 5) is 63.3. The van der Waals surface area contributed by atoms with Crippen LogP contribution in [0.25, 0.3) is 22.0 Å². The normalized spacial score (nSPS) is 27.7. The van der Waals surface area contributed by atoms with Crippen LogP contribution in [0.4, 0.5) is 9.18 Å². The van der Waals surface area contributed by atoms with E-state index in [0.29, 0.717) is 53.5 Å². The number of hydrogen-bond acceptors (Lipinski definition) is 10. The number of nitrogens with one attached hydrogen (secondary N) is 3. The van der Waals surface area contributed by atoms with Crippen molar-refractivity contribution in [3.05, 3.63) is 66.5 Å². The number of carbonyl (C=O) groups is 4. The molecule has 2 aromatic carbocycles. The number of pyridine rings is 1. The van der Waals surface area contributed by atoms with E-state index in [9.17, 15) is 32.0 Å². The highest BCUT2D eigenvalue weighted by molar-refractivity contribution is 7.91. The van der Waals surface area contributed by atoms with E-state index >= 15 is 0 Å². The molecule has 4 amide bonds. The molecule has 16 heteroatoms. The number of benzene rings is 2. The predicted octanol–water partition coefficient (Wildman–Crippen LogP) is 6.18. The monoisotopic (exact) mass is 861 g/mol. The number of aromatic nitrogens is 1. The van der Waals surface area contributed by atoms with E-state index in [-0.39, 0.29) is 37.1 Å². The fraction of sp³-hybridized carbons (Fsp3) is 0.533. The van der Waals surface area contributed by atoms with Crippen LogP contribution in [0.1, 0.15) is 86.5 Å². The number of halogens is 1. The molecule has 2 aliphatic carbocycles. The number of alkyl carbamates (subject to hydrolysis) is 1. The molecule has 2 aliphatic heterocycles. The average Bonchev–Trinajstić information content (AvgIpc) is 4.07. The van der Waals surface area contributed by atoms with Gasteiger partial charge in [-0.3, -0.25) is 19.1 Å². The summed E-state index contributed by atoms with van der Waals surface area (Å²) in [6.07, 6.45) is 5.12. The van der Waals surface area contributed by atoms with Gasteiger partial charge in [-0.1, -0.05) is 26.0 Å². The summed E-state index contributed by atoms with van der Waals surface area (Å²) >= 11 is 0. The number of nitrogens with zero attached hydrogens (tertiary/aromatic N) is 2. The highest BCUT2D eigenvalue weighted by atomic mass is 32.2. The lowest BCUT2D eigenvalue weighted by Gasteiger charge is -2.33. The molecular weight excluding hydrogens is 806 g/mol. The van der Waals surface area contributed by atoms with Crippen LogP contribution in [-0.4, -0.2) is 89.8 Å². The zero-order valence-corrected chi connectivity index (χ0v) is 36.6. The molecule has 7 rings (SSSR count). The Balaban J connectivity index is 1.26. The van der Waals surface area contributed by atoms with Gasteiger partial charge < -0.3 is 29.7 Å². The first-order valence-corrected chi connectivity index (χ1v) is 22.5. The SMILES string of the molecule is COc1ccc2c(OC3CC4C(=O)NC5(C(=O)NS(=O)(=O)C6(C)CC6)CC5C=CCCC(C)CC(C)C(NC(=O)OC(C)(C)C)C(=O)N4C3)nc(-c3ccc(F)cc3)cc2c1. The third-order valence-corrected chi connectivity index (χ3v) is 14.5. The van der Waals surface area contributed by atoms with Crippen molar-refractivity contribution in [1.29, 1.82) is 0 Å². The van der Waals surface area contributed by atoms with Crippen LogP contribution in [0.5, 0.6) is 11.6 Å². The molecule has 3 aromatic rings. The maximum Gasteiger partial charge on any atom is 0.408 e. The number of sulfonamides is 1. The molecule has 328 valence electrons. The number of methoxy groups -OCH3 is 1. The third-order valence-electron chi connectivity index (χ3n) is 12.3. The molecule has 3 N–H and O–H groups in total. The maximum atomic E-state index is 15.0. The molecule has 7 atom stereocenters. The van der Waals surface area contributed by atoms with Crippen LogP contribution in [0.15, 0.2) is 60.7 Å². The number of ether oxygens (including phenoxy) is 3. The first kappa shape index (κ1) is 43.8. The number of fused-ring (bicyclic) bond motifs is 3. The quantitative estimate of drug-likeness (QED) is 0.222. The molecular formula is C45H56FN5O9S. The molecule has 1 saturated heterocycles. The Hall–Kier alpha value is -5.25. The van der Waals surface area contributed by atoms with E-state index in [0.717, 1.165) is 6.42 Å². The minimum absolute atomic E-state index is 0.0316. The standard InChI is InChI=1S/C45H56FN5O9S/c1-26-10-8-9-11-30-24-45(30,41(54)50-61(56,57)44(6)18-19-44)49-38(52)36-23-33(25-51(36)40(53)37(27(2)20-26)48-42(55)60-43(3,4)5)59-39-34-17-16-32(58-7)21-29(34)22-35(47-39)28-12-14-31(46)15-13-28/h9,11-17,21-22,26-27,30,33,36-37H,8,10,18-20,23-25H2,1-7H3,(H,48,55)(H,49,52)(H,50,54). The Morgan fingerprint density at radius 1 is 1.03 bits per heavy atom. The van der Waals surface area contributed by atoms with Crippen molar-refractivity contribution in [2.24, 2.45) is 17.8 Å². The molecule has 3 fully saturated rings. The molecule has 0 spiro atoms. The van der Waals surface area contributed by atoms with Gasteiger partial charge in [0.2, 0.25) is 27.7 Å². The lowest BCUT2D eigenvalue weighted by molar-refractivity contribution is -0.142. The Kier molecular flexibility index (Phi) is 11.9. The summed E-state index contributed by atoms with van der Waals surface area (Å²) in [7, 11) is -2.49. The van der Waals surface area contributed by atoms with E-state index in [4.69, 9.17) is 19.2 Å². The van der Waals surface area contributed by atoms with Crippen molar-refractivity contribution >= 4 is 44.6 Å². The zero-order valence-electron chi connectivity index (χ0n) is 35.7. The number of carbonyl (C=O) groups excluding carboxylic acids is 4. The Morgan fingerprint density at radius 2 is 1.75 bits per heavy atom. The van der Waals surface area contributed by atoms with Gasteiger partial charge in [0.05, 0.1) is 24.1 Å². The Morgan fingerprint density at radius 3 is 2.43 bits per heavy atom. The van der Waals surface area contributed by atoms with Gasteiger partial charge in [0.25, 0.3) is 5.91 Å². The van der Waals surface area contributed by atoms with E-state index in [1.54, 1.807) is 59.1 Å².